The molecule has 0 N–H and O–H groups in total. The summed E-state index contributed by atoms with van der Waals surface area (Å²) in [5.74, 6) is -0.446. The zero-order valence-electron chi connectivity index (χ0n) is 18.9. The van der Waals surface area contributed by atoms with Gasteiger partial charge in [-0.25, -0.2) is 4.39 Å². The Bertz CT molecular complexity index is 940. The van der Waals surface area contributed by atoms with Crippen molar-refractivity contribution in [2.75, 3.05) is 19.7 Å². The fraction of sp³-hybridized carbons (Fsp3) is 0.542. The van der Waals surface area contributed by atoms with E-state index in [0.717, 1.165) is 12.1 Å². The van der Waals surface area contributed by atoms with Gasteiger partial charge in [0.2, 0.25) is 0 Å². The number of aromatic nitrogens is 2. The molecule has 1 aromatic heterocycles. The summed E-state index contributed by atoms with van der Waals surface area (Å²) in [6, 6.07) is 8.31. The lowest BCUT2D eigenvalue weighted by Crippen LogP contribution is -2.52. The van der Waals surface area contributed by atoms with E-state index in [1.165, 1.54) is 6.07 Å². The van der Waals surface area contributed by atoms with Crippen LogP contribution in [0.1, 0.15) is 55.4 Å². The van der Waals surface area contributed by atoms with E-state index in [9.17, 15) is 14.0 Å². The van der Waals surface area contributed by atoms with Gasteiger partial charge in [-0.2, -0.15) is 5.10 Å². The van der Waals surface area contributed by atoms with Gasteiger partial charge in [-0.3, -0.25) is 14.3 Å². The van der Waals surface area contributed by atoms with E-state index in [1.54, 1.807) is 41.8 Å². The lowest BCUT2D eigenvalue weighted by molar-refractivity contribution is -0.158. The number of nitrogens with zero attached hydrogens (tertiary/aromatic N) is 3. The average molecular weight is 430 g/mol. The molecular formula is C24H32FN3O3. The number of ether oxygens (including phenoxy) is 1. The van der Waals surface area contributed by atoms with E-state index < -0.39 is 5.41 Å². The van der Waals surface area contributed by atoms with Crippen LogP contribution in [0, 0.1) is 17.2 Å². The first-order valence-electron chi connectivity index (χ1n) is 11.0. The van der Waals surface area contributed by atoms with Crippen LogP contribution in [0.4, 0.5) is 4.39 Å². The Labute approximate surface area is 183 Å². The number of likely N-dealkylation sites (tertiary alicyclic amines) is 1. The number of aryl methyl sites for hydroxylation is 1. The predicted molar refractivity (Wildman–Crippen MR) is 116 cm³/mol. The van der Waals surface area contributed by atoms with Crippen molar-refractivity contribution in [2.24, 2.45) is 18.4 Å². The first-order valence-corrected chi connectivity index (χ1v) is 11.0. The van der Waals surface area contributed by atoms with Crippen molar-refractivity contribution in [2.45, 2.75) is 46.5 Å². The summed E-state index contributed by atoms with van der Waals surface area (Å²) in [4.78, 5) is 28.1. The topological polar surface area (TPSA) is 64.4 Å². The largest absolute Gasteiger partial charge is 0.466 e. The minimum Gasteiger partial charge on any atom is -0.466 e. The Morgan fingerprint density at radius 1 is 1.29 bits per heavy atom. The van der Waals surface area contributed by atoms with Crippen LogP contribution in [-0.4, -0.2) is 46.3 Å². The van der Waals surface area contributed by atoms with Crippen molar-refractivity contribution >= 4 is 11.9 Å². The number of amides is 1. The molecule has 1 fully saturated rings. The molecule has 1 amide bonds. The lowest BCUT2D eigenvalue weighted by Gasteiger charge is -2.41. The van der Waals surface area contributed by atoms with E-state index in [4.69, 9.17) is 4.74 Å². The highest BCUT2D eigenvalue weighted by Crippen LogP contribution is 2.36. The molecule has 0 bridgehead atoms. The predicted octanol–water partition coefficient (Wildman–Crippen LogP) is 3.79. The molecule has 0 saturated carbocycles. The second-order valence-electron chi connectivity index (χ2n) is 8.84. The molecule has 0 spiro atoms. The molecule has 168 valence electrons. The van der Waals surface area contributed by atoms with Gasteiger partial charge in [0, 0.05) is 20.1 Å². The van der Waals surface area contributed by atoms with Crippen LogP contribution in [0.15, 0.2) is 30.3 Å². The number of carbonyl (C=O) groups excluding carboxylic acids is 2. The van der Waals surface area contributed by atoms with Gasteiger partial charge in [0.1, 0.15) is 11.5 Å². The quantitative estimate of drug-likeness (QED) is 0.629. The van der Waals surface area contributed by atoms with Crippen molar-refractivity contribution < 1.29 is 18.7 Å². The number of benzene rings is 1. The van der Waals surface area contributed by atoms with E-state index in [2.05, 4.69) is 18.9 Å². The van der Waals surface area contributed by atoms with Crippen LogP contribution < -0.4 is 0 Å². The molecule has 1 unspecified atom stereocenters. The average Bonchev–Trinajstić information content (AvgIpc) is 3.08. The van der Waals surface area contributed by atoms with Crippen molar-refractivity contribution in [1.29, 1.82) is 0 Å². The minimum absolute atomic E-state index is 0.160. The highest BCUT2D eigenvalue weighted by Gasteiger charge is 2.45. The van der Waals surface area contributed by atoms with Gasteiger partial charge >= 0.3 is 5.97 Å². The monoisotopic (exact) mass is 429 g/mol. The van der Waals surface area contributed by atoms with E-state index in [0.29, 0.717) is 36.6 Å². The summed E-state index contributed by atoms with van der Waals surface area (Å²) in [6.45, 7) is 6.96. The lowest BCUT2D eigenvalue weighted by atomic mass is 9.75. The van der Waals surface area contributed by atoms with E-state index in [-0.39, 0.29) is 37.3 Å². The number of carbonyl (C=O) groups is 2. The zero-order valence-corrected chi connectivity index (χ0v) is 18.9. The first-order chi connectivity index (χ1) is 14.8. The summed E-state index contributed by atoms with van der Waals surface area (Å²) < 4.78 is 21.4. The summed E-state index contributed by atoms with van der Waals surface area (Å²) >= 11 is 0. The Hall–Kier alpha value is -2.70. The number of hydrogen-bond acceptors (Lipinski definition) is 4. The summed E-state index contributed by atoms with van der Waals surface area (Å²) in [5.41, 5.74) is 0.873. The van der Waals surface area contributed by atoms with Gasteiger partial charge in [-0.1, -0.05) is 32.0 Å². The van der Waals surface area contributed by atoms with Gasteiger partial charge in [-0.15, -0.1) is 0 Å². The van der Waals surface area contributed by atoms with Gasteiger partial charge in [-0.05, 0) is 56.2 Å². The third-order valence-electron chi connectivity index (χ3n) is 5.83. The molecule has 7 heteroatoms. The number of esters is 1. The fourth-order valence-corrected chi connectivity index (χ4v) is 4.39. The second-order valence-corrected chi connectivity index (χ2v) is 8.84. The fourth-order valence-electron chi connectivity index (χ4n) is 4.39. The zero-order chi connectivity index (χ0) is 22.6. The molecular weight excluding hydrogens is 397 g/mol. The third kappa shape index (κ3) is 5.14. The first kappa shape index (κ1) is 23.0. The van der Waals surface area contributed by atoms with Crippen LogP contribution in [0.25, 0.3) is 0 Å². The van der Waals surface area contributed by atoms with Crippen LogP contribution in [-0.2, 0) is 29.4 Å². The molecule has 2 heterocycles. The Morgan fingerprint density at radius 3 is 2.71 bits per heavy atom. The summed E-state index contributed by atoms with van der Waals surface area (Å²) in [7, 11) is 1.76. The van der Waals surface area contributed by atoms with Crippen molar-refractivity contribution in [3.63, 3.8) is 0 Å². The SMILES string of the molecule is CCOC(=O)C1(Cc2ccccc2F)CCCN(C(=O)c2cc(CC(C)C)nn2C)C1. The molecule has 1 saturated heterocycles. The maximum atomic E-state index is 14.4. The molecule has 3 rings (SSSR count). The number of hydrogen-bond donors (Lipinski definition) is 0. The van der Waals surface area contributed by atoms with Crippen LogP contribution in [0.3, 0.4) is 0 Å². The van der Waals surface area contributed by atoms with Crippen molar-refractivity contribution in [1.82, 2.24) is 14.7 Å². The molecule has 1 aliphatic heterocycles. The second kappa shape index (κ2) is 9.62. The molecule has 6 nitrogen and oxygen atoms in total. The van der Waals surface area contributed by atoms with Crippen molar-refractivity contribution in [3.05, 3.63) is 53.1 Å². The molecule has 1 atom stereocenters. The molecule has 1 aliphatic rings. The highest BCUT2D eigenvalue weighted by atomic mass is 19.1. The van der Waals surface area contributed by atoms with Gasteiger partial charge < -0.3 is 9.64 Å². The van der Waals surface area contributed by atoms with Gasteiger partial charge in [0.05, 0.1) is 17.7 Å². The minimum atomic E-state index is -0.967. The molecule has 0 aliphatic carbocycles. The summed E-state index contributed by atoms with van der Waals surface area (Å²) in [6.07, 6.45) is 2.19. The Kier molecular flexibility index (Phi) is 7.13. The summed E-state index contributed by atoms with van der Waals surface area (Å²) in [5, 5.41) is 4.47. The maximum Gasteiger partial charge on any atom is 0.314 e. The maximum absolute atomic E-state index is 14.4. The van der Waals surface area contributed by atoms with Crippen LogP contribution in [0.5, 0.6) is 0 Å². The molecule has 2 aromatic rings. The Balaban J connectivity index is 1.88. The number of halogens is 1. The van der Waals surface area contributed by atoms with Gasteiger partial charge in [0.25, 0.3) is 5.91 Å². The van der Waals surface area contributed by atoms with Crippen LogP contribution >= 0.6 is 0 Å². The third-order valence-corrected chi connectivity index (χ3v) is 5.83. The van der Waals surface area contributed by atoms with Gasteiger partial charge in [0.15, 0.2) is 0 Å². The highest BCUT2D eigenvalue weighted by molar-refractivity contribution is 5.93. The Morgan fingerprint density at radius 2 is 2.03 bits per heavy atom. The van der Waals surface area contributed by atoms with Crippen molar-refractivity contribution in [3.8, 4) is 0 Å². The molecule has 0 radical (unpaired) electrons. The van der Waals surface area contributed by atoms with E-state index in [1.807, 2.05) is 6.07 Å². The standard InChI is InChI=1S/C24H32FN3O3/c1-5-31-23(30)24(15-18-9-6-7-10-20(18)25)11-8-12-28(16-24)22(29)21-14-19(13-17(2)3)26-27(21)4/h6-7,9-10,14,17H,5,8,11-13,15-16H2,1-4H3. The smallest absolute Gasteiger partial charge is 0.314 e. The number of rotatable bonds is 7. The molecule has 31 heavy (non-hydrogen) atoms. The van der Waals surface area contributed by atoms with Crippen LogP contribution in [0.2, 0.25) is 0 Å². The number of piperidine rings is 1. The van der Waals surface area contributed by atoms with E-state index >= 15 is 0 Å². The normalized spacial score (nSPS) is 19.0. The molecule has 1 aromatic carbocycles.